The lowest BCUT2D eigenvalue weighted by molar-refractivity contribution is -0.157. The Morgan fingerprint density at radius 1 is 1.18 bits per heavy atom. The first-order valence-corrected chi connectivity index (χ1v) is 6.89. The van der Waals surface area contributed by atoms with Crippen LogP contribution in [0.2, 0.25) is 0 Å². The number of hydrogen-bond donors (Lipinski definition) is 1. The van der Waals surface area contributed by atoms with Crippen LogP contribution in [-0.4, -0.2) is 30.4 Å². The summed E-state index contributed by atoms with van der Waals surface area (Å²) in [7, 11) is 0. The average Bonchev–Trinajstić information content (AvgIpc) is 2.37. The Morgan fingerprint density at radius 2 is 1.88 bits per heavy atom. The quantitative estimate of drug-likeness (QED) is 0.601. The van der Waals surface area contributed by atoms with Crippen molar-refractivity contribution in [2.45, 2.75) is 32.1 Å². The molecule has 0 aromatic rings. The lowest BCUT2D eigenvalue weighted by atomic mass is 9.89. The molecule has 1 aliphatic carbocycles. The van der Waals surface area contributed by atoms with Crippen molar-refractivity contribution in [2.24, 2.45) is 11.7 Å². The van der Waals surface area contributed by atoms with Crippen LogP contribution in [-0.2, 0) is 14.3 Å². The van der Waals surface area contributed by atoms with Crippen molar-refractivity contribution in [3.8, 4) is 0 Å². The minimum atomic E-state index is -0.452. The van der Waals surface area contributed by atoms with E-state index in [1.807, 2.05) is 0 Å². The van der Waals surface area contributed by atoms with Crippen LogP contribution >= 0.6 is 11.8 Å². The fourth-order valence-electron chi connectivity index (χ4n) is 1.78. The molecular formula is C11H19NO4S. The van der Waals surface area contributed by atoms with Crippen LogP contribution in [0.15, 0.2) is 0 Å². The van der Waals surface area contributed by atoms with Crippen molar-refractivity contribution in [1.82, 2.24) is 0 Å². The summed E-state index contributed by atoms with van der Waals surface area (Å²) in [5.41, 5.74) is 5.24. The third-order valence-corrected chi connectivity index (χ3v) is 3.45. The fraction of sp³-hybridized carbons (Fsp3) is 0.818. The molecule has 1 saturated carbocycles. The number of carbonyl (C=O) groups excluding carboxylic acids is 2. The summed E-state index contributed by atoms with van der Waals surface area (Å²) in [6.45, 7) is 0.132. The topological polar surface area (TPSA) is 78.6 Å². The molecule has 17 heavy (non-hydrogen) atoms. The molecule has 0 bridgehead atoms. The van der Waals surface area contributed by atoms with Crippen molar-refractivity contribution >= 4 is 23.0 Å². The van der Waals surface area contributed by atoms with Gasteiger partial charge in [0.15, 0.2) is 0 Å². The molecule has 98 valence electrons. The highest BCUT2D eigenvalue weighted by Gasteiger charge is 2.22. The summed E-state index contributed by atoms with van der Waals surface area (Å²) in [6, 6.07) is 0. The molecule has 0 atom stereocenters. The van der Waals surface area contributed by atoms with Gasteiger partial charge >= 0.3 is 11.3 Å². The van der Waals surface area contributed by atoms with Crippen LogP contribution in [0.5, 0.6) is 0 Å². The van der Waals surface area contributed by atoms with Crippen LogP contribution in [0.1, 0.15) is 32.1 Å². The first-order chi connectivity index (χ1) is 8.24. The monoisotopic (exact) mass is 261 g/mol. The first kappa shape index (κ1) is 14.3. The number of hydrogen-bond acceptors (Lipinski definition) is 6. The van der Waals surface area contributed by atoms with E-state index in [-0.39, 0.29) is 18.7 Å². The van der Waals surface area contributed by atoms with E-state index in [1.54, 1.807) is 0 Å². The smallest absolute Gasteiger partial charge is 0.370 e. The van der Waals surface area contributed by atoms with Crippen molar-refractivity contribution in [3.05, 3.63) is 0 Å². The Hall–Kier alpha value is -0.750. The summed E-state index contributed by atoms with van der Waals surface area (Å²) < 4.78 is 9.64. The maximum atomic E-state index is 11.6. The van der Waals surface area contributed by atoms with Crippen LogP contribution in [0.3, 0.4) is 0 Å². The highest BCUT2D eigenvalue weighted by Crippen LogP contribution is 2.24. The molecule has 1 rings (SSSR count). The molecular weight excluding hydrogens is 242 g/mol. The molecule has 6 heteroatoms. The van der Waals surface area contributed by atoms with Crippen LogP contribution in [0.25, 0.3) is 0 Å². The summed E-state index contributed by atoms with van der Waals surface area (Å²) in [5, 5.41) is -0.452. The standard InChI is InChI=1S/C11H19NO4S/c12-6-7-17-11(14)16-8-15-10(13)9-4-2-1-3-5-9/h9H,1-8,12H2. The van der Waals surface area contributed by atoms with E-state index >= 15 is 0 Å². The Morgan fingerprint density at radius 3 is 2.53 bits per heavy atom. The van der Waals surface area contributed by atoms with Gasteiger partial charge in [-0.3, -0.25) is 4.79 Å². The number of carbonyl (C=O) groups is 2. The molecule has 0 amide bonds. The molecule has 0 aliphatic heterocycles. The SMILES string of the molecule is NCCSC(=O)OCOC(=O)C1CCCCC1. The predicted molar refractivity (Wildman–Crippen MR) is 65.5 cm³/mol. The van der Waals surface area contributed by atoms with E-state index in [2.05, 4.69) is 0 Å². The molecule has 0 spiro atoms. The van der Waals surface area contributed by atoms with E-state index in [0.717, 1.165) is 37.4 Å². The number of esters is 1. The molecule has 0 aromatic heterocycles. The van der Waals surface area contributed by atoms with Crippen molar-refractivity contribution < 1.29 is 19.1 Å². The molecule has 5 nitrogen and oxygen atoms in total. The van der Waals surface area contributed by atoms with Crippen molar-refractivity contribution in [3.63, 3.8) is 0 Å². The van der Waals surface area contributed by atoms with E-state index in [1.165, 1.54) is 6.42 Å². The Bertz CT molecular complexity index is 254. The summed E-state index contributed by atoms with van der Waals surface area (Å²) in [6.07, 6.45) is 5.11. The minimum absolute atomic E-state index is 0.0147. The zero-order valence-electron chi connectivity index (χ0n) is 9.85. The highest BCUT2D eigenvalue weighted by atomic mass is 32.2. The van der Waals surface area contributed by atoms with Crippen molar-refractivity contribution in [1.29, 1.82) is 0 Å². The van der Waals surface area contributed by atoms with Crippen molar-refractivity contribution in [2.75, 3.05) is 19.1 Å². The second-order valence-corrected chi connectivity index (χ2v) is 4.98. The fourth-order valence-corrected chi connectivity index (χ4v) is 2.19. The molecule has 1 aliphatic rings. The lowest BCUT2D eigenvalue weighted by Crippen LogP contribution is -2.22. The third kappa shape index (κ3) is 5.93. The highest BCUT2D eigenvalue weighted by molar-refractivity contribution is 8.13. The predicted octanol–water partition coefficient (Wildman–Crippen LogP) is 1.90. The third-order valence-electron chi connectivity index (χ3n) is 2.65. The second-order valence-electron chi connectivity index (χ2n) is 3.95. The number of thioether (sulfide) groups is 1. The maximum Gasteiger partial charge on any atom is 0.370 e. The van der Waals surface area contributed by atoms with Gasteiger partial charge in [-0.05, 0) is 24.6 Å². The van der Waals surface area contributed by atoms with Gasteiger partial charge in [0.2, 0.25) is 6.79 Å². The van der Waals surface area contributed by atoms with Gasteiger partial charge in [-0.1, -0.05) is 19.3 Å². The maximum absolute atomic E-state index is 11.6. The van der Waals surface area contributed by atoms with E-state index in [0.29, 0.717) is 12.3 Å². The zero-order valence-corrected chi connectivity index (χ0v) is 10.7. The van der Waals surface area contributed by atoms with Crippen LogP contribution < -0.4 is 5.73 Å². The summed E-state index contributed by atoms with van der Waals surface area (Å²) in [4.78, 5) is 22.6. The average molecular weight is 261 g/mol. The number of nitrogens with two attached hydrogens (primary N) is 1. The molecule has 0 unspecified atom stereocenters. The Labute approximate surface area is 105 Å². The van der Waals surface area contributed by atoms with Gasteiger partial charge in [-0.15, -0.1) is 0 Å². The van der Waals surface area contributed by atoms with Gasteiger partial charge < -0.3 is 15.2 Å². The molecule has 0 aromatic carbocycles. The van der Waals surface area contributed by atoms with Crippen LogP contribution in [0.4, 0.5) is 4.79 Å². The second kappa shape index (κ2) is 8.36. The van der Waals surface area contributed by atoms with Gasteiger partial charge in [0.1, 0.15) is 0 Å². The molecule has 0 heterocycles. The summed E-state index contributed by atoms with van der Waals surface area (Å²) >= 11 is 0.986. The largest absolute Gasteiger partial charge is 0.428 e. The van der Waals surface area contributed by atoms with E-state index < -0.39 is 5.30 Å². The minimum Gasteiger partial charge on any atom is -0.428 e. The summed E-state index contributed by atoms with van der Waals surface area (Å²) in [5.74, 6) is 0.246. The van der Waals surface area contributed by atoms with Gasteiger partial charge in [-0.25, -0.2) is 4.79 Å². The van der Waals surface area contributed by atoms with Crippen LogP contribution in [0, 0.1) is 5.92 Å². The molecule has 2 N–H and O–H groups in total. The van der Waals surface area contributed by atoms with Gasteiger partial charge in [0.25, 0.3) is 0 Å². The molecule has 0 radical (unpaired) electrons. The molecule has 1 fully saturated rings. The Kier molecular flexibility index (Phi) is 7.04. The number of rotatable bonds is 5. The zero-order chi connectivity index (χ0) is 12.5. The number of ether oxygens (including phenoxy) is 2. The lowest BCUT2D eigenvalue weighted by Gasteiger charge is -2.19. The normalized spacial score (nSPS) is 16.5. The van der Waals surface area contributed by atoms with E-state index in [9.17, 15) is 9.59 Å². The van der Waals surface area contributed by atoms with Gasteiger partial charge in [0, 0.05) is 12.3 Å². The van der Waals surface area contributed by atoms with E-state index in [4.69, 9.17) is 15.2 Å². The van der Waals surface area contributed by atoms with Gasteiger partial charge in [0.05, 0.1) is 5.92 Å². The Balaban J connectivity index is 2.08. The first-order valence-electron chi connectivity index (χ1n) is 5.90. The molecule has 0 saturated heterocycles. The van der Waals surface area contributed by atoms with Gasteiger partial charge in [-0.2, -0.15) is 0 Å².